The summed E-state index contributed by atoms with van der Waals surface area (Å²) >= 11 is 0. The van der Waals surface area contributed by atoms with Gasteiger partial charge in [-0.15, -0.1) is 24.0 Å². The van der Waals surface area contributed by atoms with Gasteiger partial charge in [-0.25, -0.2) is 4.98 Å². The first kappa shape index (κ1) is 18.3. The zero-order valence-corrected chi connectivity index (χ0v) is 16.0. The summed E-state index contributed by atoms with van der Waals surface area (Å²) in [4.78, 5) is 13.5. The van der Waals surface area contributed by atoms with Crippen molar-refractivity contribution < 1.29 is 4.74 Å². The number of nitrogens with one attached hydrogen (secondary N) is 1. The average molecular weight is 431 g/mol. The molecule has 2 aliphatic rings. The third-order valence-electron chi connectivity index (χ3n) is 4.28. The minimum absolute atomic E-state index is 0. The minimum Gasteiger partial charge on any atom is -0.376 e. The van der Waals surface area contributed by atoms with Gasteiger partial charge in [0.05, 0.1) is 6.10 Å². The van der Waals surface area contributed by atoms with Crippen LogP contribution >= 0.6 is 24.0 Å². The average Bonchev–Trinajstić information content (AvgIpc) is 3.10. The van der Waals surface area contributed by atoms with Gasteiger partial charge in [-0.3, -0.25) is 4.99 Å². The summed E-state index contributed by atoms with van der Waals surface area (Å²) in [5.41, 5.74) is 0. The van der Waals surface area contributed by atoms with Crippen LogP contribution in [0.15, 0.2) is 29.4 Å². The number of guanidine groups is 1. The molecule has 1 aromatic rings. The molecule has 1 unspecified atom stereocenters. The maximum atomic E-state index is 5.66. The number of piperazine rings is 1. The van der Waals surface area contributed by atoms with Crippen LogP contribution in [0.5, 0.6) is 0 Å². The zero-order valence-electron chi connectivity index (χ0n) is 13.6. The summed E-state index contributed by atoms with van der Waals surface area (Å²) in [5, 5.41) is 3.45. The van der Waals surface area contributed by atoms with E-state index < -0.39 is 0 Å². The Hall–Kier alpha value is -1.09. The number of pyridine rings is 1. The molecule has 6 nitrogen and oxygen atoms in total. The van der Waals surface area contributed by atoms with Gasteiger partial charge in [-0.05, 0) is 25.0 Å². The molecule has 0 aromatic carbocycles. The van der Waals surface area contributed by atoms with Crippen molar-refractivity contribution in [2.75, 3.05) is 51.3 Å². The predicted octanol–water partition coefficient (Wildman–Crippen LogP) is 1.58. The molecular weight excluding hydrogens is 405 g/mol. The van der Waals surface area contributed by atoms with E-state index in [0.29, 0.717) is 6.10 Å². The fraction of sp³-hybridized carbons (Fsp3) is 0.625. The smallest absolute Gasteiger partial charge is 0.193 e. The first-order chi connectivity index (χ1) is 10.9. The molecule has 1 N–H and O–H groups in total. The Bertz CT molecular complexity index is 485. The van der Waals surface area contributed by atoms with E-state index in [1.165, 1.54) is 6.42 Å². The van der Waals surface area contributed by atoms with Gasteiger partial charge in [-0.2, -0.15) is 0 Å². The van der Waals surface area contributed by atoms with Crippen LogP contribution in [0.4, 0.5) is 5.82 Å². The van der Waals surface area contributed by atoms with Crippen LogP contribution in [0.2, 0.25) is 0 Å². The maximum Gasteiger partial charge on any atom is 0.193 e. The van der Waals surface area contributed by atoms with Crippen LogP contribution in [0.25, 0.3) is 0 Å². The molecule has 23 heavy (non-hydrogen) atoms. The predicted molar refractivity (Wildman–Crippen MR) is 104 cm³/mol. The maximum absolute atomic E-state index is 5.66. The molecule has 0 amide bonds. The van der Waals surface area contributed by atoms with Crippen molar-refractivity contribution in [2.45, 2.75) is 18.9 Å². The van der Waals surface area contributed by atoms with Gasteiger partial charge >= 0.3 is 0 Å². The number of hydrogen-bond acceptors (Lipinski definition) is 4. The second-order valence-corrected chi connectivity index (χ2v) is 5.73. The van der Waals surface area contributed by atoms with E-state index in [9.17, 15) is 0 Å². The van der Waals surface area contributed by atoms with E-state index >= 15 is 0 Å². The lowest BCUT2D eigenvalue weighted by molar-refractivity contribution is 0.113. The largest absolute Gasteiger partial charge is 0.376 e. The molecule has 3 rings (SSSR count). The minimum atomic E-state index is 0. The summed E-state index contributed by atoms with van der Waals surface area (Å²) in [6, 6.07) is 6.06. The van der Waals surface area contributed by atoms with Gasteiger partial charge in [0.15, 0.2) is 5.96 Å². The summed E-state index contributed by atoms with van der Waals surface area (Å²) in [7, 11) is 1.85. The van der Waals surface area contributed by atoms with Gasteiger partial charge in [0.1, 0.15) is 5.82 Å². The number of hydrogen-bond donors (Lipinski definition) is 1. The Balaban J connectivity index is 0.00000192. The SMILES string of the molecule is CN=C(NCC1CCCO1)N1CCN(c2ccccn2)CC1.I. The van der Waals surface area contributed by atoms with Crippen molar-refractivity contribution in [1.29, 1.82) is 0 Å². The summed E-state index contributed by atoms with van der Waals surface area (Å²) in [6.07, 6.45) is 4.51. The number of aromatic nitrogens is 1. The van der Waals surface area contributed by atoms with Crippen molar-refractivity contribution in [3.63, 3.8) is 0 Å². The van der Waals surface area contributed by atoms with Crippen LogP contribution < -0.4 is 10.2 Å². The van der Waals surface area contributed by atoms with E-state index in [2.05, 4.69) is 31.2 Å². The van der Waals surface area contributed by atoms with Crippen molar-refractivity contribution in [1.82, 2.24) is 15.2 Å². The normalized spacial score (nSPS) is 22.0. The number of anilines is 1. The third-order valence-corrected chi connectivity index (χ3v) is 4.28. The molecule has 0 radical (unpaired) electrons. The van der Waals surface area contributed by atoms with E-state index in [-0.39, 0.29) is 24.0 Å². The number of ether oxygens (including phenoxy) is 1. The van der Waals surface area contributed by atoms with Gasteiger partial charge in [0, 0.05) is 52.6 Å². The van der Waals surface area contributed by atoms with Crippen LogP contribution in [0.3, 0.4) is 0 Å². The first-order valence-corrected chi connectivity index (χ1v) is 8.10. The number of halogens is 1. The van der Waals surface area contributed by atoms with Gasteiger partial charge in [0.25, 0.3) is 0 Å². The highest BCUT2D eigenvalue weighted by atomic mass is 127. The summed E-state index contributed by atoms with van der Waals surface area (Å²) in [5.74, 6) is 2.04. The van der Waals surface area contributed by atoms with Crippen LogP contribution in [-0.2, 0) is 4.74 Å². The van der Waals surface area contributed by atoms with Crippen LogP contribution in [-0.4, -0.2) is 68.3 Å². The van der Waals surface area contributed by atoms with Gasteiger partial charge in [-0.1, -0.05) is 6.07 Å². The highest BCUT2D eigenvalue weighted by Crippen LogP contribution is 2.13. The molecule has 2 fully saturated rings. The van der Waals surface area contributed by atoms with Crippen molar-refractivity contribution in [2.24, 2.45) is 4.99 Å². The molecule has 0 bridgehead atoms. The highest BCUT2D eigenvalue weighted by Gasteiger charge is 2.22. The lowest BCUT2D eigenvalue weighted by atomic mass is 10.2. The quantitative estimate of drug-likeness (QED) is 0.448. The molecule has 1 aromatic heterocycles. The topological polar surface area (TPSA) is 53.0 Å². The molecule has 0 aliphatic carbocycles. The van der Waals surface area contributed by atoms with E-state index in [0.717, 1.165) is 57.5 Å². The van der Waals surface area contributed by atoms with Crippen molar-refractivity contribution in [3.05, 3.63) is 24.4 Å². The number of rotatable bonds is 3. The van der Waals surface area contributed by atoms with Crippen LogP contribution in [0, 0.1) is 0 Å². The fourth-order valence-electron chi connectivity index (χ4n) is 3.03. The molecule has 2 saturated heterocycles. The highest BCUT2D eigenvalue weighted by molar-refractivity contribution is 14.0. The van der Waals surface area contributed by atoms with E-state index in [1.54, 1.807) is 0 Å². The zero-order chi connectivity index (χ0) is 15.2. The van der Waals surface area contributed by atoms with E-state index in [4.69, 9.17) is 4.74 Å². The van der Waals surface area contributed by atoms with Crippen molar-refractivity contribution >= 4 is 35.8 Å². The molecule has 0 spiro atoms. The molecule has 7 heteroatoms. The number of aliphatic imine (C=N–C) groups is 1. The monoisotopic (exact) mass is 431 g/mol. The molecule has 128 valence electrons. The molecule has 0 saturated carbocycles. The summed E-state index contributed by atoms with van der Waals surface area (Å²) in [6.45, 7) is 5.61. The second kappa shape index (κ2) is 9.27. The Kier molecular flexibility index (Phi) is 7.35. The Labute approximate surface area is 155 Å². The fourth-order valence-corrected chi connectivity index (χ4v) is 3.03. The van der Waals surface area contributed by atoms with Gasteiger partial charge in [0.2, 0.25) is 0 Å². The Morgan fingerprint density at radius 2 is 2.17 bits per heavy atom. The lowest BCUT2D eigenvalue weighted by Crippen LogP contribution is -2.53. The van der Waals surface area contributed by atoms with Crippen molar-refractivity contribution in [3.8, 4) is 0 Å². The second-order valence-electron chi connectivity index (χ2n) is 5.73. The molecule has 2 aliphatic heterocycles. The van der Waals surface area contributed by atoms with Gasteiger partial charge < -0.3 is 19.9 Å². The third kappa shape index (κ3) is 4.94. The Morgan fingerprint density at radius 1 is 1.35 bits per heavy atom. The van der Waals surface area contributed by atoms with E-state index in [1.807, 2.05) is 25.4 Å². The van der Waals surface area contributed by atoms with Crippen LogP contribution in [0.1, 0.15) is 12.8 Å². The lowest BCUT2D eigenvalue weighted by Gasteiger charge is -2.37. The Morgan fingerprint density at radius 3 is 2.78 bits per heavy atom. The number of nitrogens with zero attached hydrogens (tertiary/aromatic N) is 4. The molecule has 1 atom stereocenters. The standard InChI is InChI=1S/C16H25N5O.HI/c1-17-16(19-13-14-5-4-12-22-14)21-10-8-20(9-11-21)15-6-2-3-7-18-15;/h2-3,6-7,14H,4-5,8-13H2,1H3,(H,17,19);1H. The molecule has 3 heterocycles. The molecular formula is C16H26IN5O. The first-order valence-electron chi connectivity index (χ1n) is 8.10. The summed E-state index contributed by atoms with van der Waals surface area (Å²) < 4.78 is 5.66.